The molecule has 0 aliphatic carbocycles. The van der Waals surface area contributed by atoms with Crippen LogP contribution in [0.4, 0.5) is 11.6 Å². The lowest BCUT2D eigenvalue weighted by atomic mass is 10.2. The number of hydrogen-bond donors (Lipinski definition) is 1. The molecule has 0 unspecified atom stereocenters. The fourth-order valence-corrected chi connectivity index (χ4v) is 2.19. The number of nitrogens with two attached hydrogens (primary N) is 1. The predicted octanol–water partition coefficient (Wildman–Crippen LogP) is 2.51. The van der Waals surface area contributed by atoms with Gasteiger partial charge in [-0.2, -0.15) is 0 Å². The molecule has 5 heteroatoms. The highest BCUT2D eigenvalue weighted by Gasteiger charge is 2.12. The smallest absolute Gasteiger partial charge is 0.250 e. The molecular weight excluding hydrogens is 262 g/mol. The highest BCUT2D eigenvalue weighted by atomic mass is 15.3. The molecule has 2 N–H and O–H groups in total. The summed E-state index contributed by atoms with van der Waals surface area (Å²) in [6.07, 6.45) is 0.866. The average molecular weight is 279 g/mol. The summed E-state index contributed by atoms with van der Waals surface area (Å²) < 4.78 is 0. The molecule has 21 heavy (non-hydrogen) atoms. The molecule has 0 aliphatic heterocycles. The first-order valence-corrected chi connectivity index (χ1v) is 7.00. The van der Waals surface area contributed by atoms with E-state index in [1.54, 1.807) is 0 Å². The lowest BCUT2D eigenvalue weighted by Crippen LogP contribution is -2.23. The summed E-state index contributed by atoms with van der Waals surface area (Å²) >= 11 is 0. The van der Waals surface area contributed by atoms with E-state index in [9.17, 15) is 0 Å². The SMILES string of the molecule is NCCCN(c1ccccc1)c1nnc2ccccc2n1. The van der Waals surface area contributed by atoms with Crippen molar-refractivity contribution in [1.29, 1.82) is 0 Å². The monoisotopic (exact) mass is 279 g/mol. The molecule has 5 nitrogen and oxygen atoms in total. The second-order valence-corrected chi connectivity index (χ2v) is 4.73. The summed E-state index contributed by atoms with van der Waals surface area (Å²) in [4.78, 5) is 6.66. The van der Waals surface area contributed by atoms with Crippen LogP contribution in [0.15, 0.2) is 54.6 Å². The Hall–Kier alpha value is -2.53. The minimum Gasteiger partial charge on any atom is -0.330 e. The highest BCUT2D eigenvalue weighted by Crippen LogP contribution is 2.22. The van der Waals surface area contributed by atoms with Gasteiger partial charge in [0.2, 0.25) is 5.95 Å². The molecule has 0 aliphatic rings. The van der Waals surface area contributed by atoms with Gasteiger partial charge in [-0.3, -0.25) is 0 Å². The number of rotatable bonds is 5. The van der Waals surface area contributed by atoms with Crippen molar-refractivity contribution < 1.29 is 0 Å². The first kappa shape index (κ1) is 13.5. The van der Waals surface area contributed by atoms with Gasteiger partial charge in [0.05, 0.1) is 5.52 Å². The second-order valence-electron chi connectivity index (χ2n) is 4.73. The molecule has 0 atom stereocenters. The first-order valence-electron chi connectivity index (χ1n) is 7.00. The topological polar surface area (TPSA) is 67.9 Å². The second kappa shape index (κ2) is 6.28. The minimum absolute atomic E-state index is 0.605. The number of hydrogen-bond acceptors (Lipinski definition) is 5. The van der Waals surface area contributed by atoms with Crippen molar-refractivity contribution in [2.45, 2.75) is 6.42 Å². The largest absolute Gasteiger partial charge is 0.330 e. The molecule has 1 heterocycles. The van der Waals surface area contributed by atoms with Gasteiger partial charge in [0.25, 0.3) is 0 Å². The Bertz CT molecular complexity index is 714. The van der Waals surface area contributed by atoms with Crippen LogP contribution < -0.4 is 10.6 Å². The Balaban J connectivity index is 2.01. The van der Waals surface area contributed by atoms with Gasteiger partial charge < -0.3 is 10.6 Å². The van der Waals surface area contributed by atoms with E-state index < -0.39 is 0 Å². The Morgan fingerprint density at radius 3 is 2.33 bits per heavy atom. The van der Waals surface area contributed by atoms with E-state index in [0.717, 1.165) is 29.7 Å². The van der Waals surface area contributed by atoms with Crippen LogP contribution in [0.1, 0.15) is 6.42 Å². The van der Waals surface area contributed by atoms with Crippen molar-refractivity contribution >= 4 is 22.7 Å². The Kier molecular flexibility index (Phi) is 4.02. The summed E-state index contributed by atoms with van der Waals surface area (Å²) in [5.74, 6) is 0.605. The van der Waals surface area contributed by atoms with Crippen LogP contribution in [0.3, 0.4) is 0 Å². The molecular formula is C16H17N5. The maximum atomic E-state index is 5.64. The summed E-state index contributed by atoms with van der Waals surface area (Å²) in [7, 11) is 0. The van der Waals surface area contributed by atoms with Crippen molar-refractivity contribution in [1.82, 2.24) is 15.2 Å². The fourth-order valence-electron chi connectivity index (χ4n) is 2.19. The maximum Gasteiger partial charge on any atom is 0.250 e. The van der Waals surface area contributed by atoms with Gasteiger partial charge in [0.15, 0.2) is 0 Å². The summed E-state index contributed by atoms with van der Waals surface area (Å²) in [5, 5.41) is 8.51. The zero-order chi connectivity index (χ0) is 14.5. The van der Waals surface area contributed by atoms with Crippen LogP contribution in [0.2, 0.25) is 0 Å². The number of fused-ring (bicyclic) bond motifs is 1. The number of nitrogens with zero attached hydrogens (tertiary/aromatic N) is 4. The van der Waals surface area contributed by atoms with Crippen LogP contribution in [-0.4, -0.2) is 28.3 Å². The molecule has 2 aromatic carbocycles. The van der Waals surface area contributed by atoms with Gasteiger partial charge in [-0.15, -0.1) is 10.2 Å². The molecule has 0 amide bonds. The van der Waals surface area contributed by atoms with Gasteiger partial charge in [-0.1, -0.05) is 30.3 Å². The van der Waals surface area contributed by atoms with E-state index in [2.05, 4.69) is 15.2 Å². The molecule has 0 spiro atoms. The van der Waals surface area contributed by atoms with E-state index in [-0.39, 0.29) is 0 Å². The summed E-state index contributed by atoms with van der Waals surface area (Å²) in [6, 6.07) is 17.8. The van der Waals surface area contributed by atoms with E-state index in [0.29, 0.717) is 12.5 Å². The molecule has 1 aromatic heterocycles. The lowest BCUT2D eigenvalue weighted by molar-refractivity contribution is 0.792. The van der Waals surface area contributed by atoms with Crippen LogP contribution in [0, 0.1) is 0 Å². The zero-order valence-electron chi connectivity index (χ0n) is 11.7. The molecule has 0 saturated heterocycles. The van der Waals surface area contributed by atoms with Crippen LogP contribution in [0.25, 0.3) is 11.0 Å². The van der Waals surface area contributed by atoms with Crippen LogP contribution in [0.5, 0.6) is 0 Å². The van der Waals surface area contributed by atoms with Crippen LogP contribution in [-0.2, 0) is 0 Å². The summed E-state index contributed by atoms with van der Waals surface area (Å²) in [6.45, 7) is 1.39. The van der Waals surface area contributed by atoms with Crippen molar-refractivity contribution in [3.05, 3.63) is 54.6 Å². The number of para-hydroxylation sites is 2. The number of aromatic nitrogens is 3. The van der Waals surface area contributed by atoms with Crippen molar-refractivity contribution in [2.24, 2.45) is 5.73 Å². The first-order chi connectivity index (χ1) is 10.4. The lowest BCUT2D eigenvalue weighted by Gasteiger charge is -2.22. The number of anilines is 2. The maximum absolute atomic E-state index is 5.64. The Morgan fingerprint density at radius 2 is 1.57 bits per heavy atom. The summed E-state index contributed by atoms with van der Waals surface area (Å²) in [5.41, 5.74) is 8.33. The average Bonchev–Trinajstić information content (AvgIpc) is 2.56. The standard InChI is InChI=1S/C16H17N5/c17-11-6-12-21(13-7-2-1-3-8-13)16-18-14-9-4-5-10-15(14)19-20-16/h1-5,7-10H,6,11-12,17H2. The van der Waals surface area contributed by atoms with Crippen molar-refractivity contribution in [3.63, 3.8) is 0 Å². The predicted molar refractivity (Wildman–Crippen MR) is 84.5 cm³/mol. The van der Waals surface area contributed by atoms with Gasteiger partial charge in [-0.25, -0.2) is 4.98 Å². The molecule has 0 radical (unpaired) electrons. The Labute approximate surface area is 123 Å². The normalized spacial score (nSPS) is 10.7. The van der Waals surface area contributed by atoms with Gasteiger partial charge in [0, 0.05) is 12.2 Å². The van der Waals surface area contributed by atoms with Crippen molar-refractivity contribution in [3.8, 4) is 0 Å². The third-order valence-electron chi connectivity index (χ3n) is 3.24. The third-order valence-corrected chi connectivity index (χ3v) is 3.24. The molecule has 3 rings (SSSR count). The molecule has 0 saturated carbocycles. The molecule has 106 valence electrons. The third kappa shape index (κ3) is 2.98. The van der Waals surface area contributed by atoms with E-state index >= 15 is 0 Å². The molecule has 0 bridgehead atoms. The van der Waals surface area contributed by atoms with Gasteiger partial charge >= 0.3 is 0 Å². The molecule has 0 fully saturated rings. The minimum atomic E-state index is 0.605. The van der Waals surface area contributed by atoms with E-state index in [1.807, 2.05) is 59.5 Å². The fraction of sp³-hybridized carbons (Fsp3) is 0.188. The van der Waals surface area contributed by atoms with Crippen LogP contribution >= 0.6 is 0 Å². The quantitative estimate of drug-likeness (QED) is 0.777. The van der Waals surface area contributed by atoms with E-state index in [1.165, 1.54) is 0 Å². The van der Waals surface area contributed by atoms with Gasteiger partial charge in [-0.05, 0) is 37.2 Å². The Morgan fingerprint density at radius 1 is 0.857 bits per heavy atom. The number of benzene rings is 2. The van der Waals surface area contributed by atoms with E-state index in [4.69, 9.17) is 5.73 Å². The molecule has 3 aromatic rings. The van der Waals surface area contributed by atoms with Crippen molar-refractivity contribution in [2.75, 3.05) is 18.0 Å². The highest BCUT2D eigenvalue weighted by molar-refractivity contribution is 5.75. The van der Waals surface area contributed by atoms with Gasteiger partial charge in [0.1, 0.15) is 5.52 Å². The zero-order valence-corrected chi connectivity index (χ0v) is 11.7.